The van der Waals surface area contributed by atoms with Crippen molar-refractivity contribution in [3.63, 3.8) is 0 Å². The molecular weight excluding hydrogens is 574 g/mol. The maximum absolute atomic E-state index is 15.2. The van der Waals surface area contributed by atoms with E-state index in [1.54, 1.807) is 18.2 Å². The number of hydrogen-bond donors (Lipinski definition) is 1. The number of likely N-dealkylation sites (tertiary alicyclic amines) is 1. The van der Waals surface area contributed by atoms with Crippen molar-refractivity contribution in [1.29, 1.82) is 0 Å². The number of benzene rings is 2. The Balaban J connectivity index is 1.48. The van der Waals surface area contributed by atoms with Crippen molar-refractivity contribution in [3.05, 3.63) is 81.6 Å². The van der Waals surface area contributed by atoms with Crippen LogP contribution >= 0.6 is 0 Å². The summed E-state index contributed by atoms with van der Waals surface area (Å²) in [5, 5.41) is 3.37. The van der Waals surface area contributed by atoms with Crippen LogP contribution in [0.5, 0.6) is 0 Å². The second kappa shape index (κ2) is 13.0. The van der Waals surface area contributed by atoms with Crippen molar-refractivity contribution in [2.24, 2.45) is 5.92 Å². The lowest BCUT2D eigenvalue weighted by Gasteiger charge is -2.41. The molecule has 2 fully saturated rings. The number of piperidine rings is 2. The second-order valence-corrected chi connectivity index (χ2v) is 12.4. The molecule has 2 saturated heterocycles. The smallest absolute Gasteiger partial charge is 0.256 e. The van der Waals surface area contributed by atoms with Crippen LogP contribution in [0.15, 0.2) is 53.3 Å². The molecule has 0 spiro atoms. The van der Waals surface area contributed by atoms with Crippen LogP contribution in [0, 0.1) is 24.5 Å². The minimum atomic E-state index is -0.867. The predicted octanol–water partition coefficient (Wildman–Crippen LogP) is 5.87. The maximum atomic E-state index is 15.2. The normalized spacial score (nSPS) is 16.8. The van der Waals surface area contributed by atoms with Crippen LogP contribution in [0.25, 0.3) is 28.0 Å². The summed E-state index contributed by atoms with van der Waals surface area (Å²) in [6.07, 6.45) is 5.14. The summed E-state index contributed by atoms with van der Waals surface area (Å²) in [5.41, 5.74) is 1.54. The highest BCUT2D eigenvalue weighted by molar-refractivity contribution is 5.98. The number of nitrogens with one attached hydrogen (secondary N) is 1. The lowest BCUT2D eigenvalue weighted by Crippen LogP contribution is -2.48. The number of halogens is 2. The molecule has 1 amide bonds. The van der Waals surface area contributed by atoms with Gasteiger partial charge in [0.2, 0.25) is 5.95 Å². The van der Waals surface area contributed by atoms with E-state index in [2.05, 4.69) is 22.0 Å². The fourth-order valence-corrected chi connectivity index (χ4v) is 6.55. The Morgan fingerprint density at radius 3 is 2.36 bits per heavy atom. The number of hydrogen-bond acceptors (Lipinski definition) is 6. The van der Waals surface area contributed by atoms with E-state index in [0.717, 1.165) is 60.5 Å². The van der Waals surface area contributed by atoms with Gasteiger partial charge in [0, 0.05) is 48.3 Å². The largest absolute Gasteiger partial charge is 0.352 e. The van der Waals surface area contributed by atoms with Crippen molar-refractivity contribution < 1.29 is 13.6 Å². The van der Waals surface area contributed by atoms with Crippen LogP contribution in [-0.4, -0.2) is 64.1 Å². The van der Waals surface area contributed by atoms with Crippen LogP contribution in [0.3, 0.4) is 0 Å². The standard InChI is InChI=1S/C35H40F2N6O2/c1-4-16-38-34(45)24-9-8-23(3)27(21-24)31-26-10-11-30(44)43(32-28(36)6-5-7-29(32)37)33(26)40-35(39-31)42-19-14-25(15-20-42)41-17-12-22(2)13-18-41/h5-11,21-22,25H,4,12-20H2,1-3H3,(H,38,45). The van der Waals surface area contributed by atoms with E-state index in [0.29, 0.717) is 53.8 Å². The van der Waals surface area contributed by atoms with Gasteiger partial charge in [0.25, 0.3) is 11.5 Å². The Morgan fingerprint density at radius 2 is 1.67 bits per heavy atom. The summed E-state index contributed by atoms with van der Waals surface area (Å²) in [5.74, 6) is -0.777. The quantitative estimate of drug-likeness (QED) is 0.280. The molecule has 1 N–H and O–H groups in total. The number of para-hydroxylation sites is 1. The lowest BCUT2D eigenvalue weighted by molar-refractivity contribution is 0.0953. The SMILES string of the molecule is CCCNC(=O)c1ccc(C)c(-c2nc(N3CCC(N4CCC(C)CC4)CC3)nc3c2ccc(=O)n3-c2c(F)cccc2F)c1. The fraction of sp³-hybridized carbons (Fsp3) is 0.429. The van der Waals surface area contributed by atoms with E-state index >= 15 is 8.78 Å². The van der Waals surface area contributed by atoms with E-state index in [9.17, 15) is 9.59 Å². The number of anilines is 1. The van der Waals surface area contributed by atoms with Gasteiger partial charge in [-0.3, -0.25) is 14.2 Å². The number of amides is 1. The lowest BCUT2D eigenvalue weighted by atomic mass is 9.95. The highest BCUT2D eigenvalue weighted by Gasteiger charge is 2.29. The van der Waals surface area contributed by atoms with Gasteiger partial charge in [-0.2, -0.15) is 4.98 Å². The molecule has 0 unspecified atom stereocenters. The highest BCUT2D eigenvalue weighted by Crippen LogP contribution is 2.33. The zero-order valence-corrected chi connectivity index (χ0v) is 26.2. The van der Waals surface area contributed by atoms with Crippen LogP contribution < -0.4 is 15.8 Å². The van der Waals surface area contributed by atoms with Crippen molar-refractivity contribution in [2.75, 3.05) is 37.6 Å². The summed E-state index contributed by atoms with van der Waals surface area (Å²) in [6, 6.07) is 12.3. The molecule has 236 valence electrons. The molecule has 4 aromatic rings. The van der Waals surface area contributed by atoms with E-state index in [4.69, 9.17) is 9.97 Å². The molecule has 0 radical (unpaired) electrons. The molecule has 2 aromatic heterocycles. The number of carbonyl (C=O) groups excluding carboxylic acids is 1. The first-order chi connectivity index (χ1) is 21.7. The number of rotatable bonds is 7. The first-order valence-corrected chi connectivity index (χ1v) is 16.0. The Kier molecular flexibility index (Phi) is 8.94. The number of aromatic nitrogens is 3. The minimum absolute atomic E-state index is 0.110. The van der Waals surface area contributed by atoms with Gasteiger partial charge < -0.3 is 15.1 Å². The summed E-state index contributed by atoms with van der Waals surface area (Å²) >= 11 is 0. The number of carbonyl (C=O) groups is 1. The van der Waals surface area contributed by atoms with Crippen molar-refractivity contribution in [2.45, 2.75) is 58.9 Å². The van der Waals surface area contributed by atoms with Crippen molar-refractivity contribution in [1.82, 2.24) is 24.8 Å². The van der Waals surface area contributed by atoms with E-state index in [1.807, 2.05) is 19.9 Å². The Bertz CT molecular complexity index is 1750. The molecule has 6 rings (SSSR count). The Morgan fingerprint density at radius 1 is 0.956 bits per heavy atom. The summed E-state index contributed by atoms with van der Waals surface area (Å²) in [6.45, 7) is 10.4. The topological polar surface area (TPSA) is 83.4 Å². The van der Waals surface area contributed by atoms with Gasteiger partial charge in [-0.1, -0.05) is 26.0 Å². The Hall–Kier alpha value is -4.18. The molecule has 2 aliphatic heterocycles. The summed E-state index contributed by atoms with van der Waals surface area (Å²) in [4.78, 5) is 40.8. The zero-order valence-electron chi connectivity index (χ0n) is 26.2. The first-order valence-electron chi connectivity index (χ1n) is 16.0. The number of pyridine rings is 1. The van der Waals surface area contributed by atoms with Gasteiger partial charge in [0.1, 0.15) is 17.3 Å². The van der Waals surface area contributed by atoms with Crippen molar-refractivity contribution in [3.8, 4) is 16.9 Å². The molecule has 8 nitrogen and oxygen atoms in total. The molecule has 45 heavy (non-hydrogen) atoms. The first kappa shape index (κ1) is 30.8. The van der Waals surface area contributed by atoms with Crippen LogP contribution in [0.2, 0.25) is 0 Å². The molecule has 4 heterocycles. The van der Waals surface area contributed by atoms with E-state index in [1.165, 1.54) is 25.0 Å². The van der Waals surface area contributed by atoms with Gasteiger partial charge in [0.15, 0.2) is 5.65 Å². The minimum Gasteiger partial charge on any atom is -0.352 e. The van der Waals surface area contributed by atoms with Crippen LogP contribution in [-0.2, 0) is 0 Å². The molecule has 0 bridgehead atoms. The fourth-order valence-electron chi connectivity index (χ4n) is 6.55. The van der Waals surface area contributed by atoms with Crippen molar-refractivity contribution >= 4 is 22.9 Å². The third kappa shape index (κ3) is 6.20. The predicted molar refractivity (Wildman–Crippen MR) is 173 cm³/mol. The van der Waals surface area contributed by atoms with Crippen LogP contribution in [0.1, 0.15) is 61.9 Å². The Labute approximate surface area is 262 Å². The molecule has 0 aliphatic carbocycles. The molecule has 0 saturated carbocycles. The van der Waals surface area contributed by atoms with Gasteiger partial charge in [-0.05, 0) is 93.9 Å². The second-order valence-electron chi connectivity index (χ2n) is 12.4. The van der Waals surface area contributed by atoms with Gasteiger partial charge in [0.05, 0.1) is 5.69 Å². The molecule has 0 atom stereocenters. The average Bonchev–Trinajstić information content (AvgIpc) is 3.04. The van der Waals surface area contributed by atoms with E-state index < -0.39 is 22.9 Å². The molecule has 10 heteroatoms. The van der Waals surface area contributed by atoms with Gasteiger partial charge in [-0.15, -0.1) is 0 Å². The number of aryl methyl sites for hydroxylation is 1. The number of fused-ring (bicyclic) bond motifs is 1. The van der Waals surface area contributed by atoms with Crippen LogP contribution in [0.4, 0.5) is 14.7 Å². The van der Waals surface area contributed by atoms with Gasteiger partial charge in [-0.25, -0.2) is 13.8 Å². The zero-order chi connectivity index (χ0) is 31.7. The molecule has 2 aliphatic rings. The van der Waals surface area contributed by atoms with Gasteiger partial charge >= 0.3 is 0 Å². The third-order valence-corrected chi connectivity index (χ3v) is 9.27. The summed E-state index contributed by atoms with van der Waals surface area (Å²) in [7, 11) is 0. The maximum Gasteiger partial charge on any atom is 0.256 e. The molecular formula is C35H40F2N6O2. The summed E-state index contributed by atoms with van der Waals surface area (Å²) < 4.78 is 31.3. The highest BCUT2D eigenvalue weighted by atomic mass is 19.1. The molecule has 2 aromatic carbocycles. The number of nitrogens with zero attached hydrogens (tertiary/aromatic N) is 5. The van der Waals surface area contributed by atoms with E-state index in [-0.39, 0.29) is 11.6 Å². The monoisotopic (exact) mass is 614 g/mol. The third-order valence-electron chi connectivity index (χ3n) is 9.27. The average molecular weight is 615 g/mol.